The van der Waals surface area contributed by atoms with Gasteiger partial charge in [-0.25, -0.2) is 0 Å². The molecular weight excluding hydrogens is 116 g/mol. The Kier molecular flexibility index (Phi) is 2.52. The fourth-order valence-electron chi connectivity index (χ4n) is 1.06. The molecule has 2 nitrogen and oxygen atoms in total. The smallest absolute Gasteiger partial charge is 0.184 e. The van der Waals surface area contributed by atoms with Gasteiger partial charge in [0.05, 0.1) is 0 Å². The van der Waals surface area contributed by atoms with E-state index in [0.29, 0.717) is 0 Å². The van der Waals surface area contributed by atoms with E-state index in [-0.39, 0.29) is 0 Å². The predicted molar refractivity (Wildman–Crippen MR) is 38.3 cm³/mol. The first-order valence-corrected chi connectivity index (χ1v) is 5.37. The molecule has 0 aromatic carbocycles. The number of hydrogen-bond acceptors (Lipinski definition) is 2. The van der Waals surface area contributed by atoms with E-state index in [9.17, 15) is 0 Å². The first-order chi connectivity index (χ1) is 3.93. The molecular formula is C5H14N2Si. The van der Waals surface area contributed by atoms with Crippen LogP contribution in [0.3, 0.4) is 0 Å². The Labute approximate surface area is 52.4 Å². The lowest BCUT2D eigenvalue weighted by molar-refractivity contribution is 0.942. The average Bonchev–Trinajstić information content (AvgIpc) is 2.19. The molecule has 1 heterocycles. The van der Waals surface area contributed by atoms with E-state index in [0.717, 1.165) is 0 Å². The summed E-state index contributed by atoms with van der Waals surface area (Å²) in [6.07, 6.45) is 1.33. The van der Waals surface area contributed by atoms with Crippen molar-refractivity contribution in [2.24, 2.45) is 0 Å². The molecule has 2 N–H and O–H groups in total. The minimum absolute atomic E-state index is 0.581. The summed E-state index contributed by atoms with van der Waals surface area (Å²) >= 11 is 0. The first kappa shape index (κ1) is 6.26. The minimum atomic E-state index is -0.581. The number of nitrogens with one attached hydrogen (secondary N) is 2. The van der Waals surface area contributed by atoms with E-state index in [4.69, 9.17) is 0 Å². The van der Waals surface area contributed by atoms with Gasteiger partial charge >= 0.3 is 0 Å². The van der Waals surface area contributed by atoms with Crippen LogP contribution in [0.4, 0.5) is 0 Å². The number of rotatable bonds is 2. The lowest BCUT2D eigenvalue weighted by Gasteiger charge is -2.03. The summed E-state index contributed by atoms with van der Waals surface area (Å²) in [6, 6.07) is 1.40. The van der Waals surface area contributed by atoms with E-state index < -0.39 is 9.12 Å². The number of hydrogen-bond donors (Lipinski definition) is 2. The zero-order valence-electron chi connectivity index (χ0n) is 5.41. The highest BCUT2D eigenvalue weighted by atomic mass is 28.3. The third-order valence-electron chi connectivity index (χ3n) is 1.48. The fourth-order valence-corrected chi connectivity index (χ4v) is 3.17. The monoisotopic (exact) mass is 130 g/mol. The maximum absolute atomic E-state index is 3.49. The summed E-state index contributed by atoms with van der Waals surface area (Å²) < 4.78 is 0. The molecule has 0 aliphatic carbocycles. The molecule has 0 aromatic heterocycles. The highest BCUT2D eigenvalue weighted by Crippen LogP contribution is 1.92. The van der Waals surface area contributed by atoms with Gasteiger partial charge in [0.2, 0.25) is 0 Å². The molecule has 1 aliphatic rings. The standard InChI is InChI=1S/C5H14N2Si/c1-2-5-8-6-3-4-7-8/h6-8H,2-5H2,1H3. The van der Waals surface area contributed by atoms with Crippen LogP contribution in [0.1, 0.15) is 13.3 Å². The molecule has 0 unspecified atom stereocenters. The molecule has 1 fully saturated rings. The molecule has 0 spiro atoms. The molecule has 0 saturated carbocycles. The van der Waals surface area contributed by atoms with Crippen molar-refractivity contribution in [1.29, 1.82) is 0 Å². The van der Waals surface area contributed by atoms with Crippen LogP contribution in [0.2, 0.25) is 6.04 Å². The second kappa shape index (κ2) is 3.22. The van der Waals surface area contributed by atoms with Gasteiger partial charge < -0.3 is 9.96 Å². The Morgan fingerprint density at radius 3 is 2.50 bits per heavy atom. The molecule has 8 heavy (non-hydrogen) atoms. The van der Waals surface area contributed by atoms with Gasteiger partial charge in [0.1, 0.15) is 0 Å². The first-order valence-electron chi connectivity index (χ1n) is 3.40. The second-order valence-corrected chi connectivity index (χ2v) is 4.75. The summed E-state index contributed by atoms with van der Waals surface area (Å²) in [5, 5.41) is 0. The van der Waals surface area contributed by atoms with E-state index in [1.165, 1.54) is 25.6 Å². The average molecular weight is 130 g/mol. The van der Waals surface area contributed by atoms with Gasteiger partial charge in [-0.05, 0) is 6.04 Å². The Hall–Kier alpha value is 0.137. The summed E-state index contributed by atoms with van der Waals surface area (Å²) in [5.41, 5.74) is 0. The molecule has 48 valence electrons. The highest BCUT2D eigenvalue weighted by Gasteiger charge is 2.12. The van der Waals surface area contributed by atoms with Gasteiger partial charge in [-0.1, -0.05) is 13.3 Å². The van der Waals surface area contributed by atoms with Crippen molar-refractivity contribution in [1.82, 2.24) is 9.96 Å². The predicted octanol–water partition coefficient (Wildman–Crippen LogP) is -0.190. The SMILES string of the molecule is CCC[SiH]1NCCN1. The molecule has 0 bridgehead atoms. The third-order valence-corrected chi connectivity index (χ3v) is 4.20. The van der Waals surface area contributed by atoms with Crippen molar-refractivity contribution in [2.45, 2.75) is 19.4 Å². The Balaban J connectivity index is 2.06. The van der Waals surface area contributed by atoms with Gasteiger partial charge in [0, 0.05) is 13.1 Å². The van der Waals surface area contributed by atoms with E-state index in [1.54, 1.807) is 0 Å². The quantitative estimate of drug-likeness (QED) is 0.506. The van der Waals surface area contributed by atoms with Crippen LogP contribution >= 0.6 is 0 Å². The Bertz CT molecular complexity index is 61.4. The molecule has 1 aliphatic heterocycles. The third kappa shape index (κ3) is 1.58. The Morgan fingerprint density at radius 2 is 2.00 bits per heavy atom. The van der Waals surface area contributed by atoms with Crippen molar-refractivity contribution < 1.29 is 0 Å². The van der Waals surface area contributed by atoms with Crippen molar-refractivity contribution in [3.63, 3.8) is 0 Å². The minimum Gasteiger partial charge on any atom is -0.327 e. The van der Waals surface area contributed by atoms with Crippen LogP contribution in [0.25, 0.3) is 0 Å². The highest BCUT2D eigenvalue weighted by molar-refractivity contribution is 6.53. The lowest BCUT2D eigenvalue weighted by Crippen LogP contribution is -2.36. The summed E-state index contributed by atoms with van der Waals surface area (Å²) in [5.74, 6) is 0. The van der Waals surface area contributed by atoms with Gasteiger partial charge in [-0.15, -0.1) is 0 Å². The summed E-state index contributed by atoms with van der Waals surface area (Å²) in [7, 11) is -0.581. The van der Waals surface area contributed by atoms with E-state index in [2.05, 4.69) is 16.9 Å². The maximum Gasteiger partial charge on any atom is 0.184 e. The molecule has 0 aromatic rings. The maximum atomic E-state index is 3.49. The molecule has 3 heteroatoms. The molecule has 1 rings (SSSR count). The summed E-state index contributed by atoms with van der Waals surface area (Å²) in [4.78, 5) is 6.97. The van der Waals surface area contributed by atoms with Gasteiger partial charge in [-0.2, -0.15) is 0 Å². The van der Waals surface area contributed by atoms with Crippen molar-refractivity contribution in [3.05, 3.63) is 0 Å². The lowest BCUT2D eigenvalue weighted by atomic mass is 10.6. The van der Waals surface area contributed by atoms with Crippen molar-refractivity contribution in [2.75, 3.05) is 13.1 Å². The zero-order valence-corrected chi connectivity index (χ0v) is 6.56. The second-order valence-electron chi connectivity index (χ2n) is 2.25. The van der Waals surface area contributed by atoms with Crippen LogP contribution in [-0.2, 0) is 0 Å². The van der Waals surface area contributed by atoms with Crippen LogP contribution in [0.15, 0.2) is 0 Å². The van der Waals surface area contributed by atoms with E-state index >= 15 is 0 Å². The zero-order chi connectivity index (χ0) is 5.82. The molecule has 0 amide bonds. The molecule has 1 saturated heterocycles. The van der Waals surface area contributed by atoms with Gasteiger partial charge in [0.25, 0.3) is 0 Å². The van der Waals surface area contributed by atoms with Crippen LogP contribution < -0.4 is 9.96 Å². The van der Waals surface area contributed by atoms with Crippen LogP contribution in [0.5, 0.6) is 0 Å². The fraction of sp³-hybridized carbons (Fsp3) is 1.00. The van der Waals surface area contributed by atoms with Crippen LogP contribution in [0, 0.1) is 0 Å². The van der Waals surface area contributed by atoms with Gasteiger partial charge in [0.15, 0.2) is 9.12 Å². The molecule has 0 atom stereocenters. The molecule has 0 radical (unpaired) electrons. The normalized spacial score (nSPS) is 22.1. The van der Waals surface area contributed by atoms with Crippen LogP contribution in [-0.4, -0.2) is 22.2 Å². The van der Waals surface area contributed by atoms with Crippen molar-refractivity contribution in [3.8, 4) is 0 Å². The topological polar surface area (TPSA) is 24.1 Å². The largest absolute Gasteiger partial charge is 0.327 e. The Morgan fingerprint density at radius 1 is 1.38 bits per heavy atom. The summed E-state index contributed by atoms with van der Waals surface area (Å²) in [6.45, 7) is 4.66. The van der Waals surface area contributed by atoms with E-state index in [1.807, 2.05) is 0 Å². The van der Waals surface area contributed by atoms with Gasteiger partial charge in [-0.3, -0.25) is 0 Å². The van der Waals surface area contributed by atoms with Crippen molar-refractivity contribution >= 4 is 9.12 Å².